The maximum absolute atomic E-state index is 10.5. The number of hydrogen-bond donors (Lipinski definition) is 1. The van der Waals surface area contributed by atoms with Crippen molar-refractivity contribution in [2.75, 3.05) is 0 Å². The first-order valence-electron chi connectivity index (χ1n) is 6.22. The van der Waals surface area contributed by atoms with Crippen molar-refractivity contribution in [3.63, 3.8) is 0 Å². The summed E-state index contributed by atoms with van der Waals surface area (Å²) in [5.74, 6) is 0. The molecule has 2 nitrogen and oxygen atoms in total. The highest BCUT2D eigenvalue weighted by Crippen LogP contribution is 2.45. The van der Waals surface area contributed by atoms with Crippen molar-refractivity contribution in [3.8, 4) is 0 Å². The SMILES string of the molecule is Cc1ccncc1C(O)C1(C)CCCCC1. The normalized spacial score (nSPS) is 21.7. The largest absolute Gasteiger partial charge is 0.388 e. The van der Waals surface area contributed by atoms with Gasteiger partial charge in [0.2, 0.25) is 0 Å². The number of aryl methyl sites for hydroxylation is 1. The summed E-state index contributed by atoms with van der Waals surface area (Å²) in [6.45, 7) is 4.26. The van der Waals surface area contributed by atoms with Gasteiger partial charge in [-0.05, 0) is 36.8 Å². The van der Waals surface area contributed by atoms with Crippen molar-refractivity contribution in [3.05, 3.63) is 29.6 Å². The topological polar surface area (TPSA) is 33.1 Å². The van der Waals surface area contributed by atoms with Crippen LogP contribution in [0, 0.1) is 12.3 Å². The van der Waals surface area contributed by atoms with Crippen LogP contribution in [0.3, 0.4) is 0 Å². The molecule has 1 aromatic rings. The monoisotopic (exact) mass is 219 g/mol. The second-order valence-electron chi connectivity index (χ2n) is 5.35. The van der Waals surface area contributed by atoms with Gasteiger partial charge in [0.25, 0.3) is 0 Å². The van der Waals surface area contributed by atoms with Gasteiger partial charge < -0.3 is 5.11 Å². The van der Waals surface area contributed by atoms with E-state index in [-0.39, 0.29) is 11.5 Å². The number of aromatic nitrogens is 1. The average Bonchev–Trinajstić information content (AvgIpc) is 2.30. The highest BCUT2D eigenvalue weighted by molar-refractivity contribution is 5.25. The van der Waals surface area contributed by atoms with Crippen molar-refractivity contribution in [2.24, 2.45) is 5.41 Å². The molecule has 0 radical (unpaired) electrons. The Morgan fingerprint density at radius 3 is 2.62 bits per heavy atom. The predicted octanol–water partition coefficient (Wildman–Crippen LogP) is 3.39. The molecule has 0 spiro atoms. The zero-order valence-electron chi connectivity index (χ0n) is 10.2. The number of pyridine rings is 1. The Hall–Kier alpha value is -0.890. The summed E-state index contributed by atoms with van der Waals surface area (Å²) in [7, 11) is 0. The molecule has 0 aromatic carbocycles. The van der Waals surface area contributed by atoms with E-state index in [2.05, 4.69) is 11.9 Å². The molecule has 1 saturated carbocycles. The number of aliphatic hydroxyl groups is 1. The van der Waals surface area contributed by atoms with Crippen LogP contribution in [-0.2, 0) is 0 Å². The molecule has 2 rings (SSSR count). The Morgan fingerprint density at radius 1 is 1.31 bits per heavy atom. The Bertz CT molecular complexity index is 356. The molecule has 0 saturated heterocycles. The molecular weight excluding hydrogens is 198 g/mol. The van der Waals surface area contributed by atoms with Gasteiger partial charge in [0.1, 0.15) is 0 Å². The van der Waals surface area contributed by atoms with Crippen molar-refractivity contribution >= 4 is 0 Å². The highest BCUT2D eigenvalue weighted by Gasteiger charge is 2.35. The maximum Gasteiger partial charge on any atom is 0.0860 e. The molecule has 1 aliphatic carbocycles. The van der Waals surface area contributed by atoms with E-state index in [0.29, 0.717) is 0 Å². The first-order chi connectivity index (χ1) is 7.63. The lowest BCUT2D eigenvalue weighted by Crippen LogP contribution is -2.28. The smallest absolute Gasteiger partial charge is 0.0860 e. The molecule has 1 aliphatic rings. The number of rotatable bonds is 2. The maximum atomic E-state index is 10.5. The van der Waals surface area contributed by atoms with Crippen LogP contribution in [0.25, 0.3) is 0 Å². The molecule has 16 heavy (non-hydrogen) atoms. The van der Waals surface area contributed by atoms with Crippen LogP contribution < -0.4 is 0 Å². The minimum Gasteiger partial charge on any atom is -0.388 e. The fourth-order valence-corrected chi connectivity index (χ4v) is 2.77. The summed E-state index contributed by atoms with van der Waals surface area (Å²) in [6, 6.07) is 1.98. The fraction of sp³-hybridized carbons (Fsp3) is 0.643. The Morgan fingerprint density at radius 2 is 2.00 bits per heavy atom. The first kappa shape index (κ1) is 11.6. The third-order valence-corrected chi connectivity index (χ3v) is 4.03. The van der Waals surface area contributed by atoms with Crippen LogP contribution in [-0.4, -0.2) is 10.1 Å². The number of hydrogen-bond acceptors (Lipinski definition) is 2. The summed E-state index contributed by atoms with van der Waals surface area (Å²) in [5, 5.41) is 10.5. The van der Waals surface area contributed by atoms with E-state index in [9.17, 15) is 5.11 Å². The molecule has 88 valence electrons. The number of aliphatic hydroxyl groups excluding tert-OH is 1. The predicted molar refractivity (Wildman–Crippen MR) is 65.1 cm³/mol. The zero-order chi connectivity index (χ0) is 11.6. The van der Waals surface area contributed by atoms with Gasteiger partial charge in [-0.2, -0.15) is 0 Å². The van der Waals surface area contributed by atoms with E-state index in [0.717, 1.165) is 24.0 Å². The standard InChI is InChI=1S/C14H21NO/c1-11-6-9-15-10-12(11)13(16)14(2)7-4-3-5-8-14/h6,9-10,13,16H,3-5,7-8H2,1-2H3. The van der Waals surface area contributed by atoms with Crippen molar-refractivity contribution in [1.82, 2.24) is 4.98 Å². The molecule has 0 amide bonds. The molecule has 2 heteroatoms. The van der Waals surface area contributed by atoms with Gasteiger partial charge in [-0.1, -0.05) is 26.2 Å². The highest BCUT2D eigenvalue weighted by atomic mass is 16.3. The third-order valence-electron chi connectivity index (χ3n) is 4.03. The Balaban J connectivity index is 2.24. The average molecular weight is 219 g/mol. The molecule has 1 fully saturated rings. The van der Waals surface area contributed by atoms with Crippen LogP contribution in [0.5, 0.6) is 0 Å². The fourth-order valence-electron chi connectivity index (χ4n) is 2.77. The molecule has 0 aliphatic heterocycles. The van der Waals surface area contributed by atoms with E-state index in [1.54, 1.807) is 6.20 Å². The molecule has 1 heterocycles. The summed E-state index contributed by atoms with van der Waals surface area (Å²) in [5.41, 5.74) is 2.20. The summed E-state index contributed by atoms with van der Waals surface area (Å²) in [4.78, 5) is 4.13. The van der Waals surface area contributed by atoms with Crippen LogP contribution in [0.2, 0.25) is 0 Å². The van der Waals surface area contributed by atoms with Gasteiger partial charge in [-0.25, -0.2) is 0 Å². The second-order valence-corrected chi connectivity index (χ2v) is 5.35. The molecule has 0 bridgehead atoms. The first-order valence-corrected chi connectivity index (χ1v) is 6.22. The Labute approximate surface area is 97.7 Å². The van der Waals surface area contributed by atoms with Crippen molar-refractivity contribution in [1.29, 1.82) is 0 Å². The molecule has 1 unspecified atom stereocenters. The van der Waals surface area contributed by atoms with E-state index in [1.165, 1.54) is 19.3 Å². The van der Waals surface area contributed by atoms with Gasteiger partial charge in [0, 0.05) is 18.0 Å². The lowest BCUT2D eigenvalue weighted by atomic mass is 9.70. The van der Waals surface area contributed by atoms with Gasteiger partial charge in [-0.3, -0.25) is 4.98 Å². The van der Waals surface area contributed by atoms with E-state index >= 15 is 0 Å². The lowest BCUT2D eigenvalue weighted by molar-refractivity contribution is 0.00755. The van der Waals surface area contributed by atoms with Crippen molar-refractivity contribution in [2.45, 2.75) is 52.1 Å². The second kappa shape index (κ2) is 4.54. The summed E-state index contributed by atoms with van der Waals surface area (Å²) in [6.07, 6.45) is 9.30. The minimum atomic E-state index is -0.360. The van der Waals surface area contributed by atoms with Gasteiger partial charge in [0.05, 0.1) is 6.10 Å². The van der Waals surface area contributed by atoms with Gasteiger partial charge in [-0.15, -0.1) is 0 Å². The number of nitrogens with zero attached hydrogens (tertiary/aromatic N) is 1. The molecule has 1 atom stereocenters. The quantitative estimate of drug-likeness (QED) is 0.827. The molecule has 1 N–H and O–H groups in total. The molecule has 1 aromatic heterocycles. The summed E-state index contributed by atoms with van der Waals surface area (Å²) < 4.78 is 0. The van der Waals surface area contributed by atoms with Crippen molar-refractivity contribution < 1.29 is 5.11 Å². The van der Waals surface area contributed by atoms with Gasteiger partial charge >= 0.3 is 0 Å². The van der Waals surface area contributed by atoms with E-state index in [4.69, 9.17) is 0 Å². The molecular formula is C14H21NO. The van der Waals surface area contributed by atoms with Crippen LogP contribution in [0.4, 0.5) is 0 Å². The Kier molecular flexibility index (Phi) is 3.29. The van der Waals surface area contributed by atoms with Gasteiger partial charge in [0.15, 0.2) is 0 Å². The van der Waals surface area contributed by atoms with E-state index in [1.807, 2.05) is 19.2 Å². The summed E-state index contributed by atoms with van der Waals surface area (Å²) >= 11 is 0. The lowest BCUT2D eigenvalue weighted by Gasteiger charge is -2.38. The van der Waals surface area contributed by atoms with E-state index < -0.39 is 0 Å². The van der Waals surface area contributed by atoms with Crippen LogP contribution in [0.1, 0.15) is 56.3 Å². The third kappa shape index (κ3) is 2.12. The minimum absolute atomic E-state index is 0.0477. The van der Waals surface area contributed by atoms with Crippen LogP contribution >= 0.6 is 0 Å². The van der Waals surface area contributed by atoms with Crippen LogP contribution in [0.15, 0.2) is 18.5 Å². The zero-order valence-corrected chi connectivity index (χ0v) is 10.2.